The van der Waals surface area contributed by atoms with E-state index in [1.165, 1.54) is 5.56 Å². The predicted molar refractivity (Wildman–Crippen MR) is 81.1 cm³/mol. The highest BCUT2D eigenvalue weighted by atomic mass is 28.4. The Bertz CT molecular complexity index is 368. The Morgan fingerprint density at radius 2 is 1.61 bits per heavy atom. The molecule has 1 aromatic rings. The maximum absolute atomic E-state index is 6.46. The first-order valence-electron chi connectivity index (χ1n) is 6.63. The summed E-state index contributed by atoms with van der Waals surface area (Å²) in [5.41, 5.74) is 7.29. The van der Waals surface area contributed by atoms with Gasteiger partial charge in [-0.25, -0.2) is 0 Å². The average Bonchev–Trinajstić information content (AvgIpc) is 2.25. The quantitative estimate of drug-likeness (QED) is 0.832. The van der Waals surface area contributed by atoms with Crippen molar-refractivity contribution in [3.8, 4) is 0 Å². The fourth-order valence-corrected chi connectivity index (χ4v) is 2.95. The zero-order valence-electron chi connectivity index (χ0n) is 12.5. The smallest absolute Gasteiger partial charge is 0.192 e. The normalized spacial score (nSPS) is 16.4. The zero-order valence-corrected chi connectivity index (χ0v) is 13.5. The van der Waals surface area contributed by atoms with Gasteiger partial charge in [0.2, 0.25) is 0 Å². The van der Waals surface area contributed by atoms with Crippen molar-refractivity contribution in [2.24, 2.45) is 5.73 Å². The molecule has 18 heavy (non-hydrogen) atoms. The van der Waals surface area contributed by atoms with E-state index in [0.29, 0.717) is 0 Å². The van der Waals surface area contributed by atoms with Gasteiger partial charge in [-0.05, 0) is 30.6 Å². The van der Waals surface area contributed by atoms with Gasteiger partial charge >= 0.3 is 0 Å². The lowest BCUT2D eigenvalue weighted by molar-refractivity contribution is 0.160. The summed E-state index contributed by atoms with van der Waals surface area (Å²) in [5.74, 6) is 0. The second kappa shape index (κ2) is 5.55. The molecule has 0 bridgehead atoms. The molecular formula is C15H27NOSi. The Labute approximate surface area is 113 Å². The van der Waals surface area contributed by atoms with Crippen LogP contribution in [0.1, 0.15) is 39.4 Å². The molecular weight excluding hydrogens is 238 g/mol. The van der Waals surface area contributed by atoms with Gasteiger partial charge < -0.3 is 10.2 Å². The lowest BCUT2D eigenvalue weighted by Crippen LogP contribution is -2.44. The van der Waals surface area contributed by atoms with Crippen LogP contribution in [0.4, 0.5) is 0 Å². The molecule has 0 aromatic heterocycles. The molecule has 2 nitrogen and oxygen atoms in total. The molecule has 2 N–H and O–H groups in total. The standard InChI is InChI=1S/C15H27NOSi/c1-12(16)14(13-10-8-7-9-11-13)17-18(5,6)15(2,3)4/h7-12,14H,16H2,1-6H3/t12-,14-/m1/s1. The molecule has 0 aliphatic carbocycles. The van der Waals surface area contributed by atoms with Gasteiger partial charge in [0.05, 0.1) is 6.10 Å². The predicted octanol–water partition coefficient (Wildman–Crippen LogP) is 4.10. The summed E-state index contributed by atoms with van der Waals surface area (Å²) in [6, 6.07) is 10.3. The summed E-state index contributed by atoms with van der Waals surface area (Å²) in [7, 11) is -1.79. The Morgan fingerprint density at radius 3 is 2.00 bits per heavy atom. The number of nitrogens with two attached hydrogens (primary N) is 1. The SMILES string of the molecule is C[C@@H](N)[C@@H](O[Si](C)(C)C(C)(C)C)c1ccccc1. The fourth-order valence-electron chi connectivity index (χ4n) is 1.62. The zero-order chi connectivity index (χ0) is 14.0. The monoisotopic (exact) mass is 265 g/mol. The highest BCUT2D eigenvalue weighted by Crippen LogP contribution is 2.40. The first-order chi connectivity index (χ1) is 8.15. The lowest BCUT2D eigenvalue weighted by Gasteiger charge is -2.40. The molecule has 0 saturated carbocycles. The molecule has 1 aromatic carbocycles. The minimum atomic E-state index is -1.79. The Kier molecular flexibility index (Phi) is 4.76. The van der Waals surface area contributed by atoms with Crippen molar-refractivity contribution >= 4 is 8.32 Å². The van der Waals surface area contributed by atoms with Crippen molar-refractivity contribution in [1.82, 2.24) is 0 Å². The van der Waals surface area contributed by atoms with E-state index in [0.717, 1.165) is 0 Å². The van der Waals surface area contributed by atoms with Gasteiger partial charge in [-0.1, -0.05) is 51.1 Å². The number of hydrogen-bond acceptors (Lipinski definition) is 2. The third-order valence-corrected chi connectivity index (χ3v) is 8.29. The van der Waals surface area contributed by atoms with Crippen molar-refractivity contribution in [3.05, 3.63) is 35.9 Å². The number of hydrogen-bond donors (Lipinski definition) is 1. The summed E-state index contributed by atoms with van der Waals surface area (Å²) in [5, 5.41) is 0.203. The first-order valence-corrected chi connectivity index (χ1v) is 9.54. The average molecular weight is 265 g/mol. The van der Waals surface area contributed by atoms with Gasteiger partial charge in [-0.15, -0.1) is 0 Å². The van der Waals surface area contributed by atoms with Gasteiger partial charge in [0, 0.05) is 6.04 Å². The number of benzene rings is 1. The molecule has 3 heteroatoms. The second-order valence-electron chi connectivity index (χ2n) is 6.57. The minimum absolute atomic E-state index is 0.00141. The molecule has 0 saturated heterocycles. The van der Waals surface area contributed by atoms with Gasteiger partial charge in [-0.2, -0.15) is 0 Å². The van der Waals surface area contributed by atoms with Gasteiger partial charge in [0.1, 0.15) is 0 Å². The van der Waals surface area contributed by atoms with Crippen LogP contribution in [0.2, 0.25) is 18.1 Å². The van der Waals surface area contributed by atoms with Crippen LogP contribution in [0.3, 0.4) is 0 Å². The molecule has 2 atom stereocenters. The second-order valence-corrected chi connectivity index (χ2v) is 11.3. The van der Waals surface area contributed by atoms with Crippen LogP contribution in [0.5, 0.6) is 0 Å². The van der Waals surface area contributed by atoms with Crippen LogP contribution in [0.25, 0.3) is 0 Å². The third-order valence-electron chi connectivity index (χ3n) is 3.83. The highest BCUT2D eigenvalue weighted by Gasteiger charge is 2.40. The van der Waals surface area contributed by atoms with Crippen molar-refractivity contribution in [3.63, 3.8) is 0 Å². The van der Waals surface area contributed by atoms with E-state index in [-0.39, 0.29) is 17.2 Å². The summed E-state index contributed by atoms with van der Waals surface area (Å²) < 4.78 is 6.46. The van der Waals surface area contributed by atoms with Crippen molar-refractivity contribution in [2.45, 2.75) is 58.0 Å². The molecule has 0 aliphatic heterocycles. The van der Waals surface area contributed by atoms with E-state index < -0.39 is 8.32 Å². The van der Waals surface area contributed by atoms with Crippen LogP contribution in [-0.2, 0) is 4.43 Å². The van der Waals surface area contributed by atoms with E-state index in [9.17, 15) is 0 Å². The van der Waals surface area contributed by atoms with E-state index in [1.54, 1.807) is 0 Å². The maximum atomic E-state index is 6.46. The van der Waals surface area contributed by atoms with Crippen LogP contribution in [0.15, 0.2) is 30.3 Å². The fraction of sp³-hybridized carbons (Fsp3) is 0.600. The summed E-state index contributed by atoms with van der Waals surface area (Å²) in [6.07, 6.45) is -0.00732. The Morgan fingerprint density at radius 1 is 1.11 bits per heavy atom. The minimum Gasteiger partial charge on any atom is -0.408 e. The molecule has 0 amide bonds. The van der Waals surface area contributed by atoms with E-state index in [2.05, 4.69) is 46.0 Å². The summed E-state index contributed by atoms with van der Waals surface area (Å²) in [4.78, 5) is 0. The molecule has 0 spiro atoms. The van der Waals surface area contributed by atoms with Gasteiger partial charge in [0.25, 0.3) is 0 Å². The van der Waals surface area contributed by atoms with Crippen LogP contribution in [0, 0.1) is 0 Å². The molecule has 0 heterocycles. The first kappa shape index (κ1) is 15.4. The summed E-state index contributed by atoms with van der Waals surface area (Å²) >= 11 is 0. The van der Waals surface area contributed by atoms with Gasteiger partial charge in [0.15, 0.2) is 8.32 Å². The molecule has 0 fully saturated rings. The van der Waals surface area contributed by atoms with Crippen LogP contribution >= 0.6 is 0 Å². The van der Waals surface area contributed by atoms with E-state index in [4.69, 9.17) is 10.2 Å². The van der Waals surface area contributed by atoms with Crippen LogP contribution in [-0.4, -0.2) is 14.4 Å². The van der Waals surface area contributed by atoms with Gasteiger partial charge in [-0.3, -0.25) is 0 Å². The number of rotatable bonds is 4. The maximum Gasteiger partial charge on any atom is 0.192 e. The molecule has 0 unspecified atom stereocenters. The lowest BCUT2D eigenvalue weighted by atomic mass is 10.0. The highest BCUT2D eigenvalue weighted by molar-refractivity contribution is 6.74. The topological polar surface area (TPSA) is 35.2 Å². The third kappa shape index (κ3) is 3.67. The summed E-state index contributed by atoms with van der Waals surface area (Å²) in [6.45, 7) is 13.3. The Hall–Kier alpha value is -0.643. The van der Waals surface area contributed by atoms with Crippen molar-refractivity contribution in [1.29, 1.82) is 0 Å². The largest absolute Gasteiger partial charge is 0.408 e. The molecule has 0 aliphatic rings. The van der Waals surface area contributed by atoms with Crippen molar-refractivity contribution < 1.29 is 4.43 Å². The molecule has 1 rings (SSSR count). The van der Waals surface area contributed by atoms with Crippen molar-refractivity contribution in [2.75, 3.05) is 0 Å². The van der Waals surface area contributed by atoms with Crippen LogP contribution < -0.4 is 5.73 Å². The Balaban J connectivity index is 2.96. The van der Waals surface area contributed by atoms with E-state index >= 15 is 0 Å². The molecule has 102 valence electrons. The molecule has 0 radical (unpaired) electrons. The van der Waals surface area contributed by atoms with E-state index in [1.807, 2.05) is 25.1 Å².